The van der Waals surface area contributed by atoms with E-state index in [9.17, 15) is 17.7 Å². The maximum atomic E-state index is 14.9. The summed E-state index contributed by atoms with van der Waals surface area (Å²) in [6.45, 7) is 2.84. The van der Waals surface area contributed by atoms with Gasteiger partial charge in [-0.05, 0) is 22.8 Å². The van der Waals surface area contributed by atoms with Crippen molar-refractivity contribution in [3.05, 3.63) is 91.5 Å². The molecule has 1 atom stereocenters. The van der Waals surface area contributed by atoms with Crippen molar-refractivity contribution in [3.8, 4) is 22.3 Å². The van der Waals surface area contributed by atoms with Gasteiger partial charge in [-0.15, -0.1) is 0 Å². The van der Waals surface area contributed by atoms with Gasteiger partial charge in [0.25, 0.3) is 0 Å². The zero-order valence-corrected chi connectivity index (χ0v) is 20.3. The summed E-state index contributed by atoms with van der Waals surface area (Å²) in [5.74, 6) is 0. The summed E-state index contributed by atoms with van der Waals surface area (Å²) >= 11 is 0. The normalized spacial score (nSPS) is 16.7. The summed E-state index contributed by atoms with van der Waals surface area (Å²) < 4.78 is 56.2. The Hall–Kier alpha value is -3.24. The van der Waals surface area contributed by atoms with Crippen molar-refractivity contribution in [2.45, 2.75) is 39.0 Å². The van der Waals surface area contributed by atoms with E-state index in [1.807, 2.05) is 73.1 Å². The molecule has 4 aromatic rings. The lowest BCUT2D eigenvalue weighted by Gasteiger charge is -2.15. The second kappa shape index (κ2) is 9.09. The molecule has 0 spiro atoms. The molecule has 1 aliphatic heterocycles. The molecular weight excluding hydrogens is 468 g/mol. The van der Waals surface area contributed by atoms with Crippen LogP contribution in [0.5, 0.6) is 0 Å². The highest BCUT2D eigenvalue weighted by Gasteiger charge is 2.42. The minimum atomic E-state index is -4.19. The number of aryl methyl sites for hydroxylation is 2. The Morgan fingerprint density at radius 1 is 0.771 bits per heavy atom. The molecule has 178 valence electrons. The largest absolute Gasteiger partial charge is 0.395 e. The molecule has 2 aromatic carbocycles. The van der Waals surface area contributed by atoms with Crippen LogP contribution in [0.3, 0.4) is 0 Å². The van der Waals surface area contributed by atoms with Crippen LogP contribution in [-0.2, 0) is 17.7 Å². The molecule has 7 heteroatoms. The predicted molar refractivity (Wildman–Crippen MR) is 132 cm³/mol. The van der Waals surface area contributed by atoms with Gasteiger partial charge in [-0.25, -0.2) is 9.13 Å². The molecule has 0 saturated heterocycles. The number of pyridine rings is 2. The number of alkyl halides is 3. The van der Waals surface area contributed by atoms with E-state index in [0.717, 1.165) is 51.1 Å². The predicted octanol–water partition coefficient (Wildman–Crippen LogP) is 4.91. The summed E-state index contributed by atoms with van der Waals surface area (Å²) in [5.41, 5.74) is 3.71. The molecule has 0 amide bonds. The number of rotatable bonds is 6. The first kappa shape index (κ1) is 23.5. The first-order valence-electron chi connectivity index (χ1n) is 11.7. The Kier molecular flexibility index (Phi) is 6.10. The fraction of sp³-hybridized carbons (Fsp3) is 0.214. The second-order valence-electron chi connectivity index (χ2n) is 8.85. The summed E-state index contributed by atoms with van der Waals surface area (Å²) in [7, 11) is -3.09. The van der Waals surface area contributed by atoms with Gasteiger partial charge in [0.1, 0.15) is 13.0 Å². The smallest absolute Gasteiger partial charge is 0.308 e. The number of hydrogen-bond donors (Lipinski definition) is 0. The Morgan fingerprint density at radius 3 is 2.14 bits per heavy atom. The maximum absolute atomic E-state index is 14.9. The van der Waals surface area contributed by atoms with Gasteiger partial charge in [0.2, 0.25) is 0 Å². The van der Waals surface area contributed by atoms with E-state index in [-0.39, 0.29) is 6.54 Å². The fourth-order valence-electron chi connectivity index (χ4n) is 4.70. The average Bonchev–Trinajstić information content (AvgIpc) is 3.12. The van der Waals surface area contributed by atoms with Gasteiger partial charge >= 0.3 is 6.18 Å². The highest BCUT2D eigenvalue weighted by molar-refractivity contribution is 7.86. The van der Waals surface area contributed by atoms with Crippen LogP contribution in [0.4, 0.5) is 13.2 Å². The molecule has 3 heterocycles. The zero-order chi connectivity index (χ0) is 24.6. The molecule has 0 aliphatic carbocycles. The number of nitrogens with zero attached hydrogens (tertiary/aromatic N) is 2. The SMILES string of the molecule is CCC[n+]1ccc2c(c1)P(=O)(c1ccccc1)c1cc(-c3cc[n+](CCC(F)(F)F)cc3)ccc1-2. The highest BCUT2D eigenvalue weighted by atomic mass is 31.2. The quantitative estimate of drug-likeness (QED) is 0.243. The van der Waals surface area contributed by atoms with Crippen molar-refractivity contribution in [1.29, 1.82) is 0 Å². The third-order valence-corrected chi connectivity index (χ3v) is 9.55. The van der Waals surface area contributed by atoms with Crippen LogP contribution in [0.25, 0.3) is 22.3 Å². The number of benzene rings is 2. The molecule has 0 N–H and O–H groups in total. The molecule has 0 fully saturated rings. The molecule has 0 bridgehead atoms. The lowest BCUT2D eigenvalue weighted by atomic mass is 10.0. The zero-order valence-electron chi connectivity index (χ0n) is 19.4. The summed E-state index contributed by atoms with van der Waals surface area (Å²) in [6.07, 6.45) is 3.31. The molecule has 0 saturated carbocycles. The first-order valence-corrected chi connectivity index (χ1v) is 13.4. The number of hydrogen-bond acceptors (Lipinski definition) is 1. The van der Waals surface area contributed by atoms with E-state index < -0.39 is 19.7 Å². The Labute approximate surface area is 202 Å². The minimum Gasteiger partial charge on any atom is -0.308 e. The van der Waals surface area contributed by atoms with E-state index >= 15 is 0 Å². The summed E-state index contributed by atoms with van der Waals surface area (Å²) in [5, 5.41) is 2.45. The molecule has 0 radical (unpaired) electrons. The van der Waals surface area contributed by atoms with Crippen molar-refractivity contribution in [3.63, 3.8) is 0 Å². The summed E-state index contributed by atoms with van der Waals surface area (Å²) in [4.78, 5) is 0. The third-order valence-electron chi connectivity index (χ3n) is 6.44. The van der Waals surface area contributed by atoms with Gasteiger partial charge < -0.3 is 4.57 Å². The van der Waals surface area contributed by atoms with E-state index in [1.165, 1.54) is 4.57 Å². The van der Waals surface area contributed by atoms with E-state index in [2.05, 4.69) is 17.6 Å². The van der Waals surface area contributed by atoms with Gasteiger partial charge in [-0.3, -0.25) is 0 Å². The fourth-order valence-corrected chi connectivity index (χ4v) is 7.81. The highest BCUT2D eigenvalue weighted by Crippen LogP contribution is 2.52. The Bertz CT molecular complexity index is 1420. The number of halogens is 3. The lowest BCUT2D eigenvalue weighted by Crippen LogP contribution is -2.37. The Balaban J connectivity index is 1.58. The molecule has 5 rings (SSSR count). The summed E-state index contributed by atoms with van der Waals surface area (Å²) in [6, 6.07) is 21.3. The van der Waals surface area contributed by atoms with Crippen molar-refractivity contribution < 1.29 is 26.9 Å². The lowest BCUT2D eigenvalue weighted by molar-refractivity contribution is -0.700. The van der Waals surface area contributed by atoms with Gasteiger partial charge in [0.05, 0.1) is 5.30 Å². The topological polar surface area (TPSA) is 24.8 Å². The van der Waals surface area contributed by atoms with Gasteiger partial charge in [0, 0.05) is 40.8 Å². The van der Waals surface area contributed by atoms with Gasteiger partial charge in [0.15, 0.2) is 38.5 Å². The molecular formula is C28H26F3N2OP+2. The monoisotopic (exact) mass is 494 g/mol. The van der Waals surface area contributed by atoms with Gasteiger partial charge in [-0.2, -0.15) is 13.2 Å². The van der Waals surface area contributed by atoms with Crippen LogP contribution in [0.15, 0.2) is 91.5 Å². The molecule has 3 nitrogen and oxygen atoms in total. The average molecular weight is 494 g/mol. The third kappa shape index (κ3) is 4.43. The molecule has 1 aliphatic rings. The molecule has 2 aromatic heterocycles. The van der Waals surface area contributed by atoms with Crippen molar-refractivity contribution in [1.82, 2.24) is 0 Å². The number of aromatic nitrogens is 2. The van der Waals surface area contributed by atoms with Crippen LogP contribution < -0.4 is 25.0 Å². The number of fused-ring (bicyclic) bond motifs is 3. The standard InChI is InChI=1S/C28H26F3N2OP/c1-2-14-33-17-12-25-24-9-8-22(21-10-15-32(16-11-21)18-13-28(29,30)31)19-26(24)35(34,27(25)20-33)23-6-4-3-5-7-23/h3-12,15-17,19-20H,2,13-14,18H2,1H3/q+2. The van der Waals surface area contributed by atoms with Crippen LogP contribution in [0.2, 0.25) is 0 Å². The van der Waals surface area contributed by atoms with E-state index in [0.29, 0.717) is 0 Å². The maximum Gasteiger partial charge on any atom is 0.395 e. The minimum absolute atomic E-state index is 0.121. The van der Waals surface area contributed by atoms with Crippen LogP contribution in [-0.4, -0.2) is 6.18 Å². The molecule has 1 unspecified atom stereocenters. The Morgan fingerprint density at radius 2 is 1.46 bits per heavy atom. The van der Waals surface area contributed by atoms with Crippen LogP contribution in [0.1, 0.15) is 19.8 Å². The second-order valence-corrected chi connectivity index (χ2v) is 11.5. The van der Waals surface area contributed by atoms with E-state index in [1.54, 1.807) is 12.4 Å². The first-order chi connectivity index (χ1) is 16.8. The molecule has 35 heavy (non-hydrogen) atoms. The van der Waals surface area contributed by atoms with Crippen molar-refractivity contribution >= 4 is 23.1 Å². The van der Waals surface area contributed by atoms with Crippen molar-refractivity contribution in [2.24, 2.45) is 0 Å². The van der Waals surface area contributed by atoms with E-state index in [4.69, 9.17) is 0 Å². The van der Waals surface area contributed by atoms with Crippen molar-refractivity contribution in [2.75, 3.05) is 0 Å². The van der Waals surface area contributed by atoms with Gasteiger partial charge in [-0.1, -0.05) is 49.4 Å². The van der Waals surface area contributed by atoms with Crippen LogP contribution in [0, 0.1) is 0 Å². The van der Waals surface area contributed by atoms with Crippen LogP contribution >= 0.6 is 7.14 Å².